The van der Waals surface area contributed by atoms with Gasteiger partial charge in [-0.3, -0.25) is 4.99 Å². The van der Waals surface area contributed by atoms with E-state index >= 15 is 0 Å². The van der Waals surface area contributed by atoms with Gasteiger partial charge < -0.3 is 19.7 Å². The highest BCUT2D eigenvalue weighted by Crippen LogP contribution is 2.34. The summed E-state index contributed by atoms with van der Waals surface area (Å²) in [5.74, 6) is 0.422. The first-order valence-corrected chi connectivity index (χ1v) is 13.4. The summed E-state index contributed by atoms with van der Waals surface area (Å²) in [6.07, 6.45) is -0.235. The molecule has 0 radical (unpaired) electrons. The number of alkyl halides is 3. The van der Waals surface area contributed by atoms with Gasteiger partial charge in [-0.2, -0.15) is 13.2 Å². The van der Waals surface area contributed by atoms with Gasteiger partial charge in [0.25, 0.3) is 0 Å². The second kappa shape index (κ2) is 10.9. The van der Waals surface area contributed by atoms with Crippen molar-refractivity contribution in [1.29, 1.82) is 0 Å². The van der Waals surface area contributed by atoms with E-state index in [2.05, 4.69) is 10.3 Å². The minimum Gasteiger partial charge on any atom is -0.480 e. The fraction of sp³-hybridized carbons (Fsp3) is 0.258. The van der Waals surface area contributed by atoms with Gasteiger partial charge >= 0.3 is 6.18 Å². The quantitative estimate of drug-likeness (QED) is 0.240. The molecule has 41 heavy (non-hydrogen) atoms. The molecule has 3 aromatic rings. The van der Waals surface area contributed by atoms with Crippen LogP contribution in [0.2, 0.25) is 0 Å². The van der Waals surface area contributed by atoms with Crippen LogP contribution in [0.15, 0.2) is 84.0 Å². The Morgan fingerprint density at radius 1 is 0.951 bits per heavy atom. The second-order valence-electron chi connectivity index (χ2n) is 10.1. The molecule has 0 spiro atoms. The largest absolute Gasteiger partial charge is 0.480 e. The number of aliphatic hydroxyl groups excluding tert-OH is 1. The topological polar surface area (TPSA) is 84.6 Å². The molecule has 6 rings (SSSR count). The summed E-state index contributed by atoms with van der Waals surface area (Å²) in [5, 5.41) is 14.1. The molecule has 2 heterocycles. The number of para-hydroxylation sites is 2. The first kappa shape index (κ1) is 26.8. The van der Waals surface area contributed by atoms with Crippen molar-refractivity contribution in [2.45, 2.75) is 44.0 Å². The van der Waals surface area contributed by atoms with Crippen LogP contribution in [-0.4, -0.2) is 38.9 Å². The zero-order chi connectivity index (χ0) is 28.6. The van der Waals surface area contributed by atoms with Crippen molar-refractivity contribution >= 4 is 22.4 Å². The predicted molar refractivity (Wildman–Crippen MR) is 151 cm³/mol. The average Bonchev–Trinajstić information content (AvgIpc) is 2.97. The monoisotopic (exact) mass is 559 g/mol. The number of hydrogen-bond acceptors (Lipinski definition) is 6. The lowest BCUT2D eigenvalue weighted by Crippen LogP contribution is -2.24. The number of hydrogen-bond donors (Lipinski definition) is 2. The molecule has 0 atom stereocenters. The van der Waals surface area contributed by atoms with Crippen molar-refractivity contribution in [3.63, 3.8) is 0 Å². The Morgan fingerprint density at radius 3 is 2.44 bits per heavy atom. The van der Waals surface area contributed by atoms with E-state index in [0.29, 0.717) is 58.0 Å². The molecule has 2 N–H and O–H groups in total. The number of ether oxygens (including phenoxy) is 1. The summed E-state index contributed by atoms with van der Waals surface area (Å²) in [7, 11) is 1.55. The number of rotatable bonds is 5. The van der Waals surface area contributed by atoms with Crippen LogP contribution in [0.25, 0.3) is 28.1 Å². The summed E-state index contributed by atoms with van der Waals surface area (Å²) in [5.41, 5.74) is 3.98. The number of aliphatic hydroxyl groups is 1. The lowest BCUT2D eigenvalue weighted by molar-refractivity contribution is -0.137. The number of nitrogens with zero attached hydrogens (tertiary/aromatic N) is 4. The van der Waals surface area contributed by atoms with E-state index < -0.39 is 11.7 Å². The van der Waals surface area contributed by atoms with Gasteiger partial charge in [0, 0.05) is 11.9 Å². The van der Waals surface area contributed by atoms with Crippen LogP contribution in [0.5, 0.6) is 5.88 Å². The van der Waals surface area contributed by atoms with Crippen LogP contribution < -0.4 is 15.4 Å². The number of fused-ring (bicyclic) bond motifs is 2. The number of anilines is 2. The molecule has 0 amide bonds. The summed E-state index contributed by atoms with van der Waals surface area (Å²) in [6, 6.07) is 20.1. The molecular weight excluding hydrogens is 531 g/mol. The van der Waals surface area contributed by atoms with Crippen molar-refractivity contribution in [2.75, 3.05) is 12.4 Å². The molecule has 2 aliphatic carbocycles. The van der Waals surface area contributed by atoms with E-state index in [1.165, 1.54) is 12.1 Å². The molecule has 0 saturated heterocycles. The first-order chi connectivity index (χ1) is 19.8. The van der Waals surface area contributed by atoms with E-state index in [1.54, 1.807) is 19.4 Å². The van der Waals surface area contributed by atoms with Crippen molar-refractivity contribution < 1.29 is 23.0 Å². The average molecular weight is 560 g/mol. The van der Waals surface area contributed by atoms with E-state index in [1.807, 2.05) is 47.0 Å². The van der Waals surface area contributed by atoms with Gasteiger partial charge in [-0.15, -0.1) is 0 Å². The minimum atomic E-state index is -4.43. The summed E-state index contributed by atoms with van der Waals surface area (Å²) in [6.45, 7) is 0. The molecule has 1 aromatic heterocycles. The Bertz CT molecular complexity index is 1730. The molecule has 0 bridgehead atoms. The standard InChI is InChI=1S/C31H28F3N5O2/c1-41-30-24(6-4-16-35-30)38-25-17-27-29(18-26(25)36-20-10-14-22(40)15-11-20)39(28-7-3-2-5-23(28)37-27)21-12-8-19(9-13-21)31(32,33)34/h2-9,12-13,16-18,20,22,38,40H,10-11,14-15H2,1H3. The van der Waals surface area contributed by atoms with Crippen molar-refractivity contribution in [2.24, 2.45) is 4.99 Å². The van der Waals surface area contributed by atoms with Gasteiger partial charge in [0.1, 0.15) is 5.69 Å². The van der Waals surface area contributed by atoms with Crippen LogP contribution in [-0.2, 0) is 6.18 Å². The van der Waals surface area contributed by atoms with Gasteiger partial charge in [-0.05, 0) is 86.3 Å². The highest BCUT2D eigenvalue weighted by atomic mass is 19.4. The maximum Gasteiger partial charge on any atom is 0.416 e. The predicted octanol–water partition coefficient (Wildman–Crippen LogP) is 6.50. The lowest BCUT2D eigenvalue weighted by atomic mass is 9.93. The number of pyridine rings is 1. The molecular formula is C31H28F3N5O2. The fourth-order valence-electron chi connectivity index (χ4n) is 5.30. The van der Waals surface area contributed by atoms with Gasteiger partial charge in [0.15, 0.2) is 0 Å². The third kappa shape index (κ3) is 5.47. The maximum absolute atomic E-state index is 13.3. The van der Waals surface area contributed by atoms with Crippen LogP contribution in [0.4, 0.5) is 24.5 Å². The second-order valence-corrected chi connectivity index (χ2v) is 10.1. The van der Waals surface area contributed by atoms with Gasteiger partial charge in [-0.1, -0.05) is 12.1 Å². The maximum atomic E-state index is 13.3. The number of halogens is 3. The SMILES string of the molecule is COc1ncccc1Nc1cc2nc3ccccc3n(-c3ccc(C(F)(F)F)cc3)c-2cc1=NC1CCC(O)CC1. The van der Waals surface area contributed by atoms with E-state index in [-0.39, 0.29) is 12.1 Å². The first-order valence-electron chi connectivity index (χ1n) is 13.4. The zero-order valence-electron chi connectivity index (χ0n) is 22.3. The number of aromatic nitrogens is 3. The van der Waals surface area contributed by atoms with E-state index in [0.717, 1.165) is 30.5 Å². The smallest absolute Gasteiger partial charge is 0.416 e. The third-order valence-corrected chi connectivity index (χ3v) is 7.37. The van der Waals surface area contributed by atoms with Gasteiger partial charge in [-0.25, -0.2) is 9.97 Å². The Hall–Kier alpha value is -4.44. The number of methoxy groups -OCH3 is 1. The Balaban J connectivity index is 1.59. The molecule has 210 valence electrons. The highest BCUT2D eigenvalue weighted by molar-refractivity contribution is 5.84. The normalized spacial score (nSPS) is 18.1. The van der Waals surface area contributed by atoms with Crippen LogP contribution in [0.3, 0.4) is 0 Å². The minimum absolute atomic E-state index is 0.0140. The fourth-order valence-corrected chi connectivity index (χ4v) is 5.30. The molecule has 10 heteroatoms. The number of nitrogens with one attached hydrogen (secondary N) is 1. The highest BCUT2D eigenvalue weighted by Gasteiger charge is 2.30. The molecule has 1 aliphatic heterocycles. The summed E-state index contributed by atoms with van der Waals surface area (Å²) in [4.78, 5) is 14.3. The van der Waals surface area contributed by atoms with Crippen LogP contribution in [0.1, 0.15) is 31.2 Å². The summed E-state index contributed by atoms with van der Waals surface area (Å²) >= 11 is 0. The molecule has 1 saturated carbocycles. The van der Waals surface area contributed by atoms with E-state index in [9.17, 15) is 18.3 Å². The van der Waals surface area contributed by atoms with Crippen molar-refractivity contribution in [3.05, 3.63) is 89.9 Å². The Morgan fingerprint density at radius 2 is 1.71 bits per heavy atom. The molecule has 2 aromatic carbocycles. The van der Waals surface area contributed by atoms with Gasteiger partial charge in [0.05, 0.1) is 58.3 Å². The van der Waals surface area contributed by atoms with Crippen LogP contribution >= 0.6 is 0 Å². The Kier molecular flexibility index (Phi) is 7.08. The molecule has 3 aliphatic rings. The molecule has 7 nitrogen and oxygen atoms in total. The summed E-state index contributed by atoms with van der Waals surface area (Å²) < 4.78 is 47.4. The van der Waals surface area contributed by atoms with E-state index in [4.69, 9.17) is 14.7 Å². The number of benzene rings is 3. The Labute approximate surface area is 234 Å². The van der Waals surface area contributed by atoms with Gasteiger partial charge in [0.2, 0.25) is 5.88 Å². The molecule has 1 fully saturated rings. The molecule has 0 unspecified atom stereocenters. The van der Waals surface area contributed by atoms with Crippen molar-refractivity contribution in [3.8, 4) is 23.0 Å². The van der Waals surface area contributed by atoms with Crippen molar-refractivity contribution in [1.82, 2.24) is 14.5 Å². The van der Waals surface area contributed by atoms with Crippen LogP contribution in [0, 0.1) is 0 Å². The zero-order valence-corrected chi connectivity index (χ0v) is 22.3. The third-order valence-electron chi connectivity index (χ3n) is 7.37. The lowest BCUT2D eigenvalue weighted by Gasteiger charge is -2.23.